The Kier molecular flexibility index (Phi) is 6.46. The minimum atomic E-state index is 0.501. The molecule has 2 aliphatic rings. The van der Waals surface area contributed by atoms with E-state index in [1.807, 2.05) is 7.11 Å². The molecule has 0 unspecified atom stereocenters. The second kappa shape index (κ2) is 8.13. The Morgan fingerprint density at radius 2 is 1.61 bits per heavy atom. The third-order valence-electron chi connectivity index (χ3n) is 4.45. The largest absolute Gasteiger partial charge is 0.381 e. The Hall–Kier alpha value is -0.120. The van der Waals surface area contributed by atoms with E-state index in [1.54, 1.807) is 0 Å². The molecule has 18 heavy (non-hydrogen) atoms. The first-order valence-corrected chi connectivity index (χ1v) is 7.76. The zero-order valence-corrected chi connectivity index (χ0v) is 11.8. The maximum absolute atomic E-state index is 5.93. The predicted molar refractivity (Wildman–Crippen MR) is 73.9 cm³/mol. The lowest BCUT2D eigenvalue weighted by Crippen LogP contribution is -2.37. The van der Waals surface area contributed by atoms with Gasteiger partial charge in [0.1, 0.15) is 0 Å². The molecular weight excluding hydrogens is 226 g/mol. The van der Waals surface area contributed by atoms with Crippen LogP contribution < -0.4 is 5.32 Å². The lowest BCUT2D eigenvalue weighted by atomic mass is 9.93. The van der Waals surface area contributed by atoms with E-state index in [0.717, 1.165) is 13.2 Å². The summed E-state index contributed by atoms with van der Waals surface area (Å²) in [6, 6.07) is 0.686. The van der Waals surface area contributed by atoms with Crippen LogP contribution in [0.3, 0.4) is 0 Å². The molecule has 1 N–H and O–H groups in total. The van der Waals surface area contributed by atoms with E-state index in [4.69, 9.17) is 9.47 Å². The van der Waals surface area contributed by atoms with E-state index < -0.39 is 0 Å². The van der Waals surface area contributed by atoms with Gasteiger partial charge in [0.05, 0.1) is 18.8 Å². The Bertz CT molecular complexity index is 209. The van der Waals surface area contributed by atoms with Gasteiger partial charge in [0, 0.05) is 19.7 Å². The molecule has 2 rings (SSSR count). The van der Waals surface area contributed by atoms with Gasteiger partial charge in [-0.05, 0) is 38.5 Å². The first-order valence-electron chi connectivity index (χ1n) is 7.76. The van der Waals surface area contributed by atoms with Crippen molar-refractivity contribution < 1.29 is 9.47 Å². The lowest BCUT2D eigenvalue weighted by Gasteiger charge is -2.28. The number of hydrogen-bond donors (Lipinski definition) is 1. The van der Waals surface area contributed by atoms with Crippen LogP contribution in [0.15, 0.2) is 0 Å². The van der Waals surface area contributed by atoms with Crippen LogP contribution >= 0.6 is 0 Å². The van der Waals surface area contributed by atoms with Crippen LogP contribution in [0.1, 0.15) is 57.8 Å². The van der Waals surface area contributed by atoms with Crippen LogP contribution in [-0.4, -0.2) is 38.5 Å². The van der Waals surface area contributed by atoms with E-state index in [9.17, 15) is 0 Å². The third kappa shape index (κ3) is 4.87. The highest BCUT2D eigenvalue weighted by Crippen LogP contribution is 2.21. The first-order chi connectivity index (χ1) is 8.88. The fourth-order valence-corrected chi connectivity index (χ4v) is 3.22. The molecule has 3 nitrogen and oxygen atoms in total. The van der Waals surface area contributed by atoms with Crippen molar-refractivity contribution in [2.75, 3.05) is 20.3 Å². The van der Waals surface area contributed by atoms with Crippen LogP contribution in [0.25, 0.3) is 0 Å². The normalized spacial score (nSPS) is 30.5. The predicted octanol–water partition coefficient (Wildman–Crippen LogP) is 2.88. The second-order valence-corrected chi connectivity index (χ2v) is 5.79. The van der Waals surface area contributed by atoms with Gasteiger partial charge in [-0.3, -0.25) is 0 Å². The maximum atomic E-state index is 5.93. The molecule has 0 aromatic carbocycles. The molecule has 0 saturated heterocycles. The van der Waals surface area contributed by atoms with Gasteiger partial charge >= 0.3 is 0 Å². The van der Waals surface area contributed by atoms with Crippen LogP contribution in [0.2, 0.25) is 0 Å². The van der Waals surface area contributed by atoms with E-state index in [0.29, 0.717) is 18.2 Å². The van der Waals surface area contributed by atoms with Crippen molar-refractivity contribution in [3.63, 3.8) is 0 Å². The van der Waals surface area contributed by atoms with Crippen molar-refractivity contribution in [1.29, 1.82) is 0 Å². The van der Waals surface area contributed by atoms with Crippen LogP contribution in [0.4, 0.5) is 0 Å². The van der Waals surface area contributed by atoms with E-state index >= 15 is 0 Å². The van der Waals surface area contributed by atoms with Crippen molar-refractivity contribution in [2.45, 2.75) is 76.0 Å². The highest BCUT2D eigenvalue weighted by molar-refractivity contribution is 4.77. The molecule has 0 bridgehead atoms. The second-order valence-electron chi connectivity index (χ2n) is 5.79. The molecule has 0 spiro atoms. The quantitative estimate of drug-likeness (QED) is 0.740. The molecule has 2 fully saturated rings. The number of ether oxygens (including phenoxy) is 2. The highest BCUT2D eigenvalue weighted by Gasteiger charge is 2.20. The molecule has 0 amide bonds. The summed E-state index contributed by atoms with van der Waals surface area (Å²) in [5.41, 5.74) is 0. The SMILES string of the molecule is COC1CCC(NCCOC2CCCCC2)CC1. The summed E-state index contributed by atoms with van der Waals surface area (Å²) in [4.78, 5) is 0. The molecule has 0 aromatic heterocycles. The van der Waals surface area contributed by atoms with Gasteiger partial charge in [-0.1, -0.05) is 19.3 Å². The van der Waals surface area contributed by atoms with Gasteiger partial charge < -0.3 is 14.8 Å². The van der Waals surface area contributed by atoms with Crippen molar-refractivity contribution in [3.8, 4) is 0 Å². The first kappa shape index (κ1) is 14.3. The minimum Gasteiger partial charge on any atom is -0.381 e. The monoisotopic (exact) mass is 255 g/mol. The van der Waals surface area contributed by atoms with Crippen LogP contribution in [-0.2, 0) is 9.47 Å². The van der Waals surface area contributed by atoms with Crippen molar-refractivity contribution in [2.24, 2.45) is 0 Å². The molecule has 0 aliphatic heterocycles. The standard InChI is InChI=1S/C15H29NO2/c1-17-14-9-7-13(8-10-14)16-11-12-18-15-5-3-2-4-6-15/h13-16H,2-12H2,1H3. The summed E-state index contributed by atoms with van der Waals surface area (Å²) < 4.78 is 11.3. The molecule has 0 heterocycles. The maximum Gasteiger partial charge on any atom is 0.0594 e. The molecular formula is C15H29NO2. The van der Waals surface area contributed by atoms with Gasteiger partial charge in [-0.2, -0.15) is 0 Å². The van der Waals surface area contributed by atoms with Crippen LogP contribution in [0.5, 0.6) is 0 Å². The molecule has 2 aliphatic carbocycles. The van der Waals surface area contributed by atoms with Gasteiger partial charge in [0.25, 0.3) is 0 Å². The average Bonchev–Trinajstić information content (AvgIpc) is 2.45. The lowest BCUT2D eigenvalue weighted by molar-refractivity contribution is 0.0265. The Labute approximate surface area is 112 Å². The number of rotatable bonds is 6. The van der Waals surface area contributed by atoms with Gasteiger partial charge in [-0.25, -0.2) is 0 Å². The smallest absolute Gasteiger partial charge is 0.0594 e. The fraction of sp³-hybridized carbons (Fsp3) is 1.00. The third-order valence-corrected chi connectivity index (χ3v) is 4.45. The van der Waals surface area contributed by atoms with Crippen LogP contribution in [0, 0.1) is 0 Å². The van der Waals surface area contributed by atoms with E-state index in [2.05, 4.69) is 5.32 Å². The van der Waals surface area contributed by atoms with Gasteiger partial charge in [-0.15, -0.1) is 0 Å². The number of hydrogen-bond acceptors (Lipinski definition) is 3. The van der Waals surface area contributed by atoms with E-state index in [-0.39, 0.29) is 0 Å². The van der Waals surface area contributed by atoms with Gasteiger partial charge in [0.2, 0.25) is 0 Å². The number of nitrogens with one attached hydrogen (secondary N) is 1. The zero-order chi connectivity index (χ0) is 12.6. The summed E-state index contributed by atoms with van der Waals surface area (Å²) >= 11 is 0. The molecule has 3 heteroatoms. The average molecular weight is 255 g/mol. The summed E-state index contributed by atoms with van der Waals surface area (Å²) in [6.45, 7) is 1.90. The Morgan fingerprint density at radius 3 is 2.28 bits per heavy atom. The zero-order valence-electron chi connectivity index (χ0n) is 11.8. The summed E-state index contributed by atoms with van der Waals surface area (Å²) in [5.74, 6) is 0. The highest BCUT2D eigenvalue weighted by atomic mass is 16.5. The van der Waals surface area contributed by atoms with Crippen molar-refractivity contribution >= 4 is 0 Å². The number of methoxy groups -OCH3 is 1. The Morgan fingerprint density at radius 1 is 0.889 bits per heavy atom. The fourth-order valence-electron chi connectivity index (χ4n) is 3.22. The van der Waals surface area contributed by atoms with Gasteiger partial charge in [0.15, 0.2) is 0 Å². The topological polar surface area (TPSA) is 30.5 Å². The summed E-state index contributed by atoms with van der Waals surface area (Å²) in [5, 5.41) is 3.63. The Balaban J connectivity index is 1.48. The van der Waals surface area contributed by atoms with E-state index in [1.165, 1.54) is 57.8 Å². The summed E-state index contributed by atoms with van der Waals surface area (Å²) in [7, 11) is 1.83. The molecule has 2 saturated carbocycles. The van der Waals surface area contributed by atoms with Crippen molar-refractivity contribution in [1.82, 2.24) is 5.32 Å². The minimum absolute atomic E-state index is 0.501. The molecule has 106 valence electrons. The molecule has 0 atom stereocenters. The molecule has 0 aromatic rings. The molecule has 0 radical (unpaired) electrons. The van der Waals surface area contributed by atoms with Crippen molar-refractivity contribution in [3.05, 3.63) is 0 Å². The summed E-state index contributed by atoms with van der Waals surface area (Å²) in [6.07, 6.45) is 12.6.